The van der Waals surface area contributed by atoms with Gasteiger partial charge in [-0.15, -0.1) is 0 Å². The predicted molar refractivity (Wildman–Crippen MR) is 89.7 cm³/mol. The van der Waals surface area contributed by atoms with E-state index in [1.165, 1.54) is 36.9 Å². The normalized spacial score (nSPS) is 29.2. The molecule has 1 saturated carbocycles. The third kappa shape index (κ3) is 2.33. The van der Waals surface area contributed by atoms with E-state index in [1.807, 2.05) is 0 Å². The molecule has 3 nitrogen and oxygen atoms in total. The number of anilines is 1. The van der Waals surface area contributed by atoms with Crippen molar-refractivity contribution < 1.29 is 0 Å². The van der Waals surface area contributed by atoms with Gasteiger partial charge in [0.05, 0.1) is 12.1 Å². The summed E-state index contributed by atoms with van der Waals surface area (Å²) < 4.78 is 0. The maximum absolute atomic E-state index is 6.29. The van der Waals surface area contributed by atoms with Gasteiger partial charge in [-0.3, -0.25) is 4.99 Å². The van der Waals surface area contributed by atoms with Crippen LogP contribution in [0.15, 0.2) is 29.3 Å². The summed E-state index contributed by atoms with van der Waals surface area (Å²) in [5.74, 6) is 2.03. The van der Waals surface area contributed by atoms with Gasteiger partial charge >= 0.3 is 0 Å². The minimum absolute atomic E-state index is 0.103. The minimum atomic E-state index is 0.103. The summed E-state index contributed by atoms with van der Waals surface area (Å²) in [6.45, 7) is 7.67. The van der Waals surface area contributed by atoms with Gasteiger partial charge < -0.3 is 10.6 Å². The molecule has 3 heteroatoms. The van der Waals surface area contributed by atoms with Crippen molar-refractivity contribution in [3.05, 3.63) is 29.8 Å². The molecule has 21 heavy (non-hydrogen) atoms. The standard InChI is InChI=1S/C18H27N3/c1-13(2)16-6-4-5-11-18(16)12-20-17(19)21(18)15-9-7-14(3)8-10-15/h7-10,13,16H,4-6,11-12H2,1-3H3,(H2,19,20). The summed E-state index contributed by atoms with van der Waals surface area (Å²) in [5, 5.41) is 0. The van der Waals surface area contributed by atoms with Crippen LogP contribution in [0.25, 0.3) is 0 Å². The fraction of sp³-hybridized carbons (Fsp3) is 0.611. The average Bonchev–Trinajstić information content (AvgIpc) is 2.78. The van der Waals surface area contributed by atoms with Crippen LogP contribution in [0.3, 0.4) is 0 Å². The van der Waals surface area contributed by atoms with E-state index in [2.05, 4.69) is 54.9 Å². The Balaban J connectivity index is 2.02. The highest BCUT2D eigenvalue weighted by Gasteiger charge is 2.50. The topological polar surface area (TPSA) is 41.6 Å². The second-order valence-corrected chi connectivity index (χ2v) is 7.05. The molecule has 1 aromatic carbocycles. The van der Waals surface area contributed by atoms with Crippen molar-refractivity contribution in [1.29, 1.82) is 0 Å². The van der Waals surface area contributed by atoms with Gasteiger partial charge in [-0.2, -0.15) is 0 Å². The van der Waals surface area contributed by atoms with Crippen LogP contribution in [-0.2, 0) is 0 Å². The fourth-order valence-corrected chi connectivity index (χ4v) is 4.35. The number of hydrogen-bond acceptors (Lipinski definition) is 3. The zero-order chi connectivity index (χ0) is 15.0. The third-order valence-electron chi connectivity index (χ3n) is 5.35. The molecule has 0 bridgehead atoms. The van der Waals surface area contributed by atoms with Crippen LogP contribution in [0, 0.1) is 18.8 Å². The first kappa shape index (κ1) is 14.4. The van der Waals surface area contributed by atoms with Crippen LogP contribution in [-0.4, -0.2) is 18.0 Å². The largest absolute Gasteiger partial charge is 0.369 e. The van der Waals surface area contributed by atoms with Crippen LogP contribution >= 0.6 is 0 Å². The lowest BCUT2D eigenvalue weighted by Gasteiger charge is -2.49. The van der Waals surface area contributed by atoms with Gasteiger partial charge in [0, 0.05) is 5.69 Å². The van der Waals surface area contributed by atoms with Crippen molar-refractivity contribution in [3.63, 3.8) is 0 Å². The molecule has 114 valence electrons. The molecule has 0 saturated heterocycles. The Kier molecular flexibility index (Phi) is 3.68. The summed E-state index contributed by atoms with van der Waals surface area (Å²) in [6, 6.07) is 8.72. The molecule has 2 N–H and O–H groups in total. The molecule has 0 radical (unpaired) electrons. The van der Waals surface area contributed by atoms with Crippen molar-refractivity contribution in [2.45, 2.75) is 52.0 Å². The van der Waals surface area contributed by atoms with E-state index in [9.17, 15) is 0 Å². The third-order valence-corrected chi connectivity index (χ3v) is 5.35. The highest BCUT2D eigenvalue weighted by Crippen LogP contribution is 2.46. The molecule has 1 fully saturated rings. The van der Waals surface area contributed by atoms with Crippen LogP contribution in [0.4, 0.5) is 5.69 Å². The zero-order valence-electron chi connectivity index (χ0n) is 13.5. The lowest BCUT2D eigenvalue weighted by molar-refractivity contribution is 0.157. The maximum Gasteiger partial charge on any atom is 0.196 e. The van der Waals surface area contributed by atoms with E-state index in [0.717, 1.165) is 6.54 Å². The number of hydrogen-bond donors (Lipinski definition) is 1. The Morgan fingerprint density at radius 3 is 2.62 bits per heavy atom. The van der Waals surface area contributed by atoms with Crippen molar-refractivity contribution >= 4 is 11.6 Å². The van der Waals surface area contributed by atoms with Gasteiger partial charge in [-0.05, 0) is 43.7 Å². The molecule has 1 heterocycles. The number of guanidine groups is 1. The second-order valence-electron chi connectivity index (χ2n) is 7.05. The van der Waals surface area contributed by atoms with Gasteiger partial charge in [0.25, 0.3) is 0 Å². The Morgan fingerprint density at radius 1 is 1.24 bits per heavy atom. The fourth-order valence-electron chi connectivity index (χ4n) is 4.35. The molecular formula is C18H27N3. The van der Waals surface area contributed by atoms with E-state index < -0.39 is 0 Å². The highest BCUT2D eigenvalue weighted by atomic mass is 15.4. The number of nitrogens with zero attached hydrogens (tertiary/aromatic N) is 2. The molecule has 1 aliphatic heterocycles. The number of benzene rings is 1. The summed E-state index contributed by atoms with van der Waals surface area (Å²) in [6.07, 6.45) is 5.12. The SMILES string of the molecule is Cc1ccc(N2C(N)=NCC23CCCCC3C(C)C)cc1. The molecule has 1 aromatic rings. The van der Waals surface area contributed by atoms with E-state index in [0.29, 0.717) is 17.8 Å². The van der Waals surface area contributed by atoms with E-state index in [4.69, 9.17) is 5.73 Å². The van der Waals surface area contributed by atoms with Crippen molar-refractivity contribution in [1.82, 2.24) is 0 Å². The number of rotatable bonds is 2. The lowest BCUT2D eigenvalue weighted by Crippen LogP contribution is -2.59. The number of nitrogens with two attached hydrogens (primary N) is 1. The maximum atomic E-state index is 6.29. The molecule has 2 atom stereocenters. The average molecular weight is 285 g/mol. The Hall–Kier alpha value is -1.51. The Morgan fingerprint density at radius 2 is 1.95 bits per heavy atom. The monoisotopic (exact) mass is 285 g/mol. The Labute approximate surface area is 128 Å². The van der Waals surface area contributed by atoms with E-state index in [-0.39, 0.29) is 5.54 Å². The summed E-state index contributed by atoms with van der Waals surface area (Å²) in [5.41, 5.74) is 8.88. The minimum Gasteiger partial charge on any atom is -0.369 e. The first-order chi connectivity index (χ1) is 10.0. The molecule has 1 spiro atoms. The quantitative estimate of drug-likeness (QED) is 0.900. The van der Waals surface area contributed by atoms with Gasteiger partial charge in [0.1, 0.15) is 0 Å². The molecule has 0 amide bonds. The summed E-state index contributed by atoms with van der Waals surface area (Å²) >= 11 is 0. The van der Waals surface area contributed by atoms with Gasteiger partial charge in [-0.1, -0.05) is 44.4 Å². The van der Waals surface area contributed by atoms with E-state index in [1.54, 1.807) is 0 Å². The molecule has 2 aliphatic rings. The first-order valence-corrected chi connectivity index (χ1v) is 8.21. The Bertz CT molecular complexity index is 532. The van der Waals surface area contributed by atoms with Crippen LogP contribution in [0.1, 0.15) is 45.1 Å². The van der Waals surface area contributed by atoms with Crippen molar-refractivity contribution in [3.8, 4) is 0 Å². The molecule has 1 aliphatic carbocycles. The zero-order valence-corrected chi connectivity index (χ0v) is 13.5. The first-order valence-electron chi connectivity index (χ1n) is 8.21. The number of aliphatic imine (C=N–C) groups is 1. The van der Waals surface area contributed by atoms with E-state index >= 15 is 0 Å². The van der Waals surface area contributed by atoms with Crippen molar-refractivity contribution in [2.75, 3.05) is 11.4 Å². The lowest BCUT2D eigenvalue weighted by atomic mass is 9.67. The summed E-state index contributed by atoms with van der Waals surface area (Å²) in [7, 11) is 0. The van der Waals surface area contributed by atoms with Crippen LogP contribution in [0.5, 0.6) is 0 Å². The predicted octanol–water partition coefficient (Wildman–Crippen LogP) is 3.71. The molecule has 2 unspecified atom stereocenters. The highest BCUT2D eigenvalue weighted by molar-refractivity contribution is 5.98. The van der Waals surface area contributed by atoms with Gasteiger partial charge in [-0.25, -0.2) is 0 Å². The summed E-state index contributed by atoms with van der Waals surface area (Å²) in [4.78, 5) is 6.99. The molecular weight excluding hydrogens is 258 g/mol. The smallest absolute Gasteiger partial charge is 0.196 e. The van der Waals surface area contributed by atoms with Gasteiger partial charge in [0.15, 0.2) is 5.96 Å². The molecule has 3 rings (SSSR count). The second kappa shape index (κ2) is 5.36. The van der Waals surface area contributed by atoms with Crippen LogP contribution in [0.2, 0.25) is 0 Å². The van der Waals surface area contributed by atoms with Gasteiger partial charge in [0.2, 0.25) is 0 Å². The number of aryl methyl sites for hydroxylation is 1. The molecule has 0 aromatic heterocycles. The van der Waals surface area contributed by atoms with Crippen molar-refractivity contribution in [2.24, 2.45) is 22.6 Å². The van der Waals surface area contributed by atoms with Crippen LogP contribution < -0.4 is 10.6 Å².